The number of benzene rings is 1. The van der Waals surface area contributed by atoms with Crippen LogP contribution in [0.4, 0.5) is 20.2 Å². The van der Waals surface area contributed by atoms with Crippen LogP contribution in [0.5, 0.6) is 11.6 Å². The fraction of sp³-hybridized carbons (Fsp3) is 0.400. The fourth-order valence-electron chi connectivity index (χ4n) is 3.12. The topological polar surface area (TPSA) is 66.9 Å². The van der Waals surface area contributed by atoms with Gasteiger partial charge in [0, 0.05) is 43.6 Å². The number of piperazine rings is 1. The minimum Gasteiger partial charge on any atom is -0.480 e. The maximum Gasteiger partial charge on any atom is 0.387 e. The highest BCUT2D eigenvalue weighted by Gasteiger charge is 2.20. The number of halogens is 2. The van der Waals surface area contributed by atoms with E-state index in [1.807, 2.05) is 7.05 Å². The number of aromatic nitrogens is 1. The summed E-state index contributed by atoms with van der Waals surface area (Å²) in [4.78, 5) is 21.1. The molecule has 1 aromatic heterocycles. The molecule has 1 amide bonds. The summed E-state index contributed by atoms with van der Waals surface area (Å²) in [5, 5.41) is 2.62. The Labute approximate surface area is 168 Å². The summed E-state index contributed by atoms with van der Waals surface area (Å²) in [6.45, 7) is 2.08. The zero-order chi connectivity index (χ0) is 21.0. The smallest absolute Gasteiger partial charge is 0.387 e. The molecule has 1 aliphatic rings. The Morgan fingerprint density at radius 1 is 1.17 bits per heavy atom. The largest absolute Gasteiger partial charge is 0.480 e. The molecule has 1 aromatic carbocycles. The zero-order valence-corrected chi connectivity index (χ0v) is 16.6. The number of likely N-dealkylation sites (N-methyl/N-ethyl adjacent to an activating group) is 1. The second-order valence-electron chi connectivity index (χ2n) is 6.81. The van der Waals surface area contributed by atoms with Crippen molar-refractivity contribution in [3.05, 3.63) is 41.6 Å². The number of hydrogen-bond acceptors (Lipinski definition) is 6. The van der Waals surface area contributed by atoms with Crippen molar-refractivity contribution >= 4 is 17.3 Å². The molecular formula is C20H24F2N4O3. The van der Waals surface area contributed by atoms with Crippen LogP contribution in [-0.4, -0.2) is 62.7 Å². The molecular weight excluding hydrogens is 382 g/mol. The first kappa shape index (κ1) is 20.8. The molecule has 0 atom stereocenters. The first-order valence-corrected chi connectivity index (χ1v) is 9.22. The van der Waals surface area contributed by atoms with Crippen LogP contribution in [0.3, 0.4) is 0 Å². The predicted molar refractivity (Wildman–Crippen MR) is 106 cm³/mol. The van der Waals surface area contributed by atoms with E-state index >= 15 is 0 Å². The number of alkyl halides is 2. The number of aryl methyl sites for hydroxylation is 1. The van der Waals surface area contributed by atoms with Crippen LogP contribution in [-0.2, 0) is 0 Å². The Morgan fingerprint density at radius 2 is 1.90 bits per heavy atom. The average Bonchev–Trinajstić information content (AvgIpc) is 2.69. The molecule has 156 valence electrons. The highest BCUT2D eigenvalue weighted by molar-refractivity contribution is 6.06. The van der Waals surface area contributed by atoms with Gasteiger partial charge >= 0.3 is 6.61 Å². The standard InChI is InChI=1S/C20H24F2N4O3/c1-13-4-6-15(19(23-13)28-3)18(27)24-16-7-5-14(12-17(16)29-20(21)22)26-10-8-25(2)9-11-26/h4-7,12,20H,8-11H2,1-3H3,(H,24,27). The average molecular weight is 406 g/mol. The first-order valence-electron chi connectivity index (χ1n) is 9.22. The third-order valence-corrected chi connectivity index (χ3v) is 4.74. The molecule has 1 fully saturated rings. The maximum absolute atomic E-state index is 13.0. The van der Waals surface area contributed by atoms with Crippen molar-refractivity contribution in [2.45, 2.75) is 13.5 Å². The van der Waals surface area contributed by atoms with E-state index in [9.17, 15) is 13.6 Å². The number of methoxy groups -OCH3 is 1. The number of nitrogens with one attached hydrogen (secondary N) is 1. The van der Waals surface area contributed by atoms with E-state index in [2.05, 4.69) is 24.8 Å². The lowest BCUT2D eigenvalue weighted by molar-refractivity contribution is -0.0493. The summed E-state index contributed by atoms with van der Waals surface area (Å²) in [5.41, 5.74) is 1.80. The molecule has 0 bridgehead atoms. The highest BCUT2D eigenvalue weighted by Crippen LogP contribution is 2.32. The second kappa shape index (κ2) is 9.04. The summed E-state index contributed by atoms with van der Waals surface area (Å²) in [5.74, 6) is -0.461. The van der Waals surface area contributed by atoms with E-state index in [0.717, 1.165) is 31.9 Å². The second-order valence-corrected chi connectivity index (χ2v) is 6.81. The van der Waals surface area contributed by atoms with Crippen molar-refractivity contribution in [1.82, 2.24) is 9.88 Å². The number of carbonyl (C=O) groups excluding carboxylic acids is 1. The number of carbonyl (C=O) groups is 1. The maximum atomic E-state index is 13.0. The lowest BCUT2D eigenvalue weighted by atomic mass is 10.2. The highest BCUT2D eigenvalue weighted by atomic mass is 19.3. The molecule has 2 heterocycles. The van der Waals surface area contributed by atoms with Crippen molar-refractivity contribution in [3.8, 4) is 11.6 Å². The van der Waals surface area contributed by atoms with Gasteiger partial charge in [-0.15, -0.1) is 0 Å². The molecule has 29 heavy (non-hydrogen) atoms. The van der Waals surface area contributed by atoms with E-state index in [1.54, 1.807) is 31.2 Å². The van der Waals surface area contributed by atoms with Crippen LogP contribution in [0.25, 0.3) is 0 Å². The number of rotatable bonds is 6. The van der Waals surface area contributed by atoms with Gasteiger partial charge in [-0.05, 0) is 38.2 Å². The molecule has 1 aliphatic heterocycles. The Balaban J connectivity index is 1.85. The van der Waals surface area contributed by atoms with E-state index in [1.165, 1.54) is 13.2 Å². The van der Waals surface area contributed by atoms with Crippen molar-refractivity contribution < 1.29 is 23.0 Å². The number of amides is 1. The lowest BCUT2D eigenvalue weighted by Gasteiger charge is -2.34. The number of anilines is 2. The minimum absolute atomic E-state index is 0.0937. The van der Waals surface area contributed by atoms with E-state index < -0.39 is 12.5 Å². The Bertz CT molecular complexity index is 871. The molecule has 0 saturated carbocycles. The van der Waals surface area contributed by atoms with Crippen LogP contribution in [0, 0.1) is 6.92 Å². The van der Waals surface area contributed by atoms with Gasteiger partial charge in [0.2, 0.25) is 5.88 Å². The van der Waals surface area contributed by atoms with E-state index in [-0.39, 0.29) is 22.9 Å². The summed E-state index contributed by atoms with van der Waals surface area (Å²) in [6.07, 6.45) is 0. The molecule has 0 spiro atoms. The van der Waals surface area contributed by atoms with E-state index in [0.29, 0.717) is 5.69 Å². The fourth-order valence-corrected chi connectivity index (χ4v) is 3.12. The third kappa shape index (κ3) is 5.11. The van der Waals surface area contributed by atoms with Crippen molar-refractivity contribution in [1.29, 1.82) is 0 Å². The molecule has 1 saturated heterocycles. The number of ether oxygens (including phenoxy) is 2. The van der Waals surface area contributed by atoms with Gasteiger partial charge in [-0.25, -0.2) is 4.98 Å². The van der Waals surface area contributed by atoms with Gasteiger partial charge in [0.1, 0.15) is 5.56 Å². The van der Waals surface area contributed by atoms with Crippen molar-refractivity contribution in [2.75, 3.05) is 50.6 Å². The van der Waals surface area contributed by atoms with Gasteiger partial charge < -0.3 is 24.6 Å². The Morgan fingerprint density at radius 3 is 2.55 bits per heavy atom. The quantitative estimate of drug-likeness (QED) is 0.796. The van der Waals surface area contributed by atoms with E-state index in [4.69, 9.17) is 4.74 Å². The number of nitrogens with zero attached hydrogens (tertiary/aromatic N) is 3. The predicted octanol–water partition coefficient (Wildman–Crippen LogP) is 3.00. The van der Waals surface area contributed by atoms with Crippen LogP contribution in [0.1, 0.15) is 16.1 Å². The van der Waals surface area contributed by atoms with Gasteiger partial charge in [0.05, 0.1) is 12.8 Å². The minimum atomic E-state index is -3.01. The summed E-state index contributed by atoms with van der Waals surface area (Å²) in [7, 11) is 3.45. The molecule has 0 unspecified atom stereocenters. The first-order chi connectivity index (χ1) is 13.9. The van der Waals surface area contributed by atoms with Crippen LogP contribution >= 0.6 is 0 Å². The lowest BCUT2D eigenvalue weighted by Crippen LogP contribution is -2.44. The molecule has 3 rings (SSSR count). The van der Waals surface area contributed by atoms with Gasteiger partial charge in [-0.1, -0.05) is 0 Å². The van der Waals surface area contributed by atoms with Crippen molar-refractivity contribution in [3.63, 3.8) is 0 Å². The Hall–Kier alpha value is -2.94. The molecule has 2 aromatic rings. The van der Waals surface area contributed by atoms with Gasteiger partial charge in [-0.2, -0.15) is 8.78 Å². The molecule has 9 heteroatoms. The summed E-state index contributed by atoms with van der Waals surface area (Å²) in [6, 6.07) is 8.12. The number of pyridine rings is 1. The molecule has 0 radical (unpaired) electrons. The number of hydrogen-bond donors (Lipinski definition) is 1. The van der Waals surface area contributed by atoms with Crippen LogP contribution in [0.2, 0.25) is 0 Å². The van der Waals surface area contributed by atoms with Crippen LogP contribution < -0.4 is 19.7 Å². The summed E-state index contributed by atoms with van der Waals surface area (Å²) >= 11 is 0. The van der Waals surface area contributed by atoms with Gasteiger partial charge in [0.15, 0.2) is 5.75 Å². The molecule has 1 N–H and O–H groups in total. The van der Waals surface area contributed by atoms with Gasteiger partial charge in [0.25, 0.3) is 5.91 Å². The van der Waals surface area contributed by atoms with Crippen molar-refractivity contribution in [2.24, 2.45) is 0 Å². The van der Waals surface area contributed by atoms with Crippen LogP contribution in [0.15, 0.2) is 30.3 Å². The molecule has 7 nitrogen and oxygen atoms in total. The Kier molecular flexibility index (Phi) is 6.48. The summed E-state index contributed by atoms with van der Waals surface area (Å²) < 4.78 is 35.8. The monoisotopic (exact) mass is 406 g/mol. The molecule has 0 aliphatic carbocycles. The normalized spacial score (nSPS) is 14.8. The van der Waals surface area contributed by atoms with Gasteiger partial charge in [-0.3, -0.25) is 4.79 Å². The third-order valence-electron chi connectivity index (χ3n) is 4.74. The zero-order valence-electron chi connectivity index (χ0n) is 16.6. The SMILES string of the molecule is COc1nc(C)ccc1C(=O)Nc1ccc(N2CCN(C)CC2)cc1OC(F)F.